The molecule has 1 aromatic heterocycles. The van der Waals surface area contributed by atoms with Crippen LogP contribution in [0.5, 0.6) is 0 Å². The SMILES string of the molecule is CC(=O)Nc1ccc(C(=O)C(C)Sc2nccc(C(F)(F)F)n2)cc1. The fourth-order valence-corrected chi connectivity index (χ4v) is 2.76. The molecular weight excluding hydrogens is 355 g/mol. The predicted molar refractivity (Wildman–Crippen MR) is 87.4 cm³/mol. The van der Waals surface area contributed by atoms with Gasteiger partial charge in [0.1, 0.15) is 5.69 Å². The van der Waals surface area contributed by atoms with E-state index in [-0.39, 0.29) is 16.8 Å². The zero-order chi connectivity index (χ0) is 18.6. The number of amides is 1. The van der Waals surface area contributed by atoms with Crippen molar-refractivity contribution in [3.63, 3.8) is 0 Å². The number of nitrogens with one attached hydrogen (secondary N) is 1. The van der Waals surface area contributed by atoms with Crippen LogP contribution < -0.4 is 5.32 Å². The van der Waals surface area contributed by atoms with Crippen molar-refractivity contribution >= 4 is 29.1 Å². The summed E-state index contributed by atoms with van der Waals surface area (Å²) in [5.74, 6) is -0.509. The Morgan fingerprint density at radius 2 is 1.80 bits per heavy atom. The van der Waals surface area contributed by atoms with Crippen LogP contribution in [0.25, 0.3) is 0 Å². The maximum Gasteiger partial charge on any atom is 0.433 e. The number of halogens is 3. The molecule has 132 valence electrons. The van der Waals surface area contributed by atoms with Gasteiger partial charge in [-0.2, -0.15) is 13.2 Å². The third-order valence-corrected chi connectivity index (χ3v) is 4.04. The van der Waals surface area contributed by atoms with Crippen molar-refractivity contribution in [2.75, 3.05) is 5.32 Å². The molecule has 1 N–H and O–H groups in total. The molecule has 1 unspecified atom stereocenters. The zero-order valence-electron chi connectivity index (χ0n) is 13.3. The fourth-order valence-electron chi connectivity index (χ4n) is 1.92. The summed E-state index contributed by atoms with van der Waals surface area (Å²) in [5, 5.41) is 1.79. The van der Waals surface area contributed by atoms with Crippen LogP contribution in [0.4, 0.5) is 18.9 Å². The third kappa shape index (κ3) is 5.28. The first-order valence-corrected chi connectivity index (χ1v) is 8.03. The van der Waals surface area contributed by atoms with Crippen molar-refractivity contribution in [2.45, 2.75) is 30.4 Å². The Labute approximate surface area is 146 Å². The number of alkyl halides is 3. The minimum Gasteiger partial charge on any atom is -0.326 e. The van der Waals surface area contributed by atoms with Gasteiger partial charge in [0.25, 0.3) is 0 Å². The Balaban J connectivity index is 2.09. The van der Waals surface area contributed by atoms with E-state index in [1.807, 2.05) is 0 Å². The van der Waals surface area contributed by atoms with E-state index in [1.54, 1.807) is 19.1 Å². The number of thioether (sulfide) groups is 1. The average molecular weight is 369 g/mol. The maximum absolute atomic E-state index is 12.7. The molecule has 0 aliphatic carbocycles. The van der Waals surface area contributed by atoms with Crippen LogP contribution in [0.3, 0.4) is 0 Å². The molecule has 5 nitrogen and oxygen atoms in total. The van der Waals surface area contributed by atoms with Gasteiger partial charge < -0.3 is 5.32 Å². The summed E-state index contributed by atoms with van der Waals surface area (Å²) in [6.45, 7) is 2.94. The highest BCUT2D eigenvalue weighted by atomic mass is 32.2. The summed E-state index contributed by atoms with van der Waals surface area (Å²) < 4.78 is 38.0. The number of Topliss-reactive ketones (excluding diaryl/α,β-unsaturated/α-hetero) is 1. The molecule has 1 amide bonds. The van der Waals surface area contributed by atoms with Gasteiger partial charge >= 0.3 is 6.18 Å². The zero-order valence-corrected chi connectivity index (χ0v) is 14.1. The molecule has 0 spiro atoms. The fraction of sp³-hybridized carbons (Fsp3) is 0.250. The van der Waals surface area contributed by atoms with E-state index in [0.717, 1.165) is 24.0 Å². The number of carbonyl (C=O) groups excluding carboxylic acids is 2. The molecule has 1 heterocycles. The quantitative estimate of drug-likeness (QED) is 0.493. The molecule has 1 atom stereocenters. The first-order chi connectivity index (χ1) is 11.7. The highest BCUT2D eigenvalue weighted by Crippen LogP contribution is 2.29. The molecule has 0 aliphatic heterocycles. The maximum atomic E-state index is 12.7. The number of carbonyl (C=O) groups is 2. The van der Waals surface area contributed by atoms with Crippen LogP contribution >= 0.6 is 11.8 Å². The van der Waals surface area contributed by atoms with E-state index in [4.69, 9.17) is 0 Å². The second kappa shape index (κ2) is 7.64. The Hall–Kier alpha value is -2.42. The van der Waals surface area contributed by atoms with Gasteiger partial charge in [-0.25, -0.2) is 9.97 Å². The number of rotatable bonds is 5. The Morgan fingerprint density at radius 1 is 1.16 bits per heavy atom. The Kier molecular flexibility index (Phi) is 5.78. The molecule has 0 aliphatic rings. The van der Waals surface area contributed by atoms with Gasteiger partial charge in [-0.15, -0.1) is 0 Å². The number of nitrogens with zero attached hydrogens (tertiary/aromatic N) is 2. The van der Waals surface area contributed by atoms with Gasteiger partial charge in [-0.05, 0) is 37.3 Å². The Morgan fingerprint density at radius 3 is 2.36 bits per heavy atom. The lowest BCUT2D eigenvalue weighted by Crippen LogP contribution is -2.15. The van der Waals surface area contributed by atoms with Gasteiger partial charge in [0.05, 0.1) is 5.25 Å². The first kappa shape index (κ1) is 18.9. The molecule has 0 radical (unpaired) electrons. The normalized spacial score (nSPS) is 12.5. The second-order valence-corrected chi connectivity index (χ2v) is 6.41. The number of benzene rings is 1. The molecule has 1 aromatic carbocycles. The number of ketones is 1. The van der Waals surface area contributed by atoms with Crippen molar-refractivity contribution in [3.05, 3.63) is 47.8 Å². The second-order valence-electron chi connectivity index (χ2n) is 5.11. The van der Waals surface area contributed by atoms with E-state index in [1.165, 1.54) is 19.1 Å². The molecule has 25 heavy (non-hydrogen) atoms. The van der Waals surface area contributed by atoms with E-state index in [9.17, 15) is 22.8 Å². The molecule has 2 rings (SSSR count). The van der Waals surface area contributed by atoms with E-state index < -0.39 is 17.1 Å². The molecule has 0 saturated carbocycles. The smallest absolute Gasteiger partial charge is 0.326 e. The predicted octanol–water partition coefficient (Wildman–Crippen LogP) is 3.82. The molecule has 9 heteroatoms. The third-order valence-electron chi connectivity index (χ3n) is 3.07. The minimum atomic E-state index is -4.56. The van der Waals surface area contributed by atoms with Crippen molar-refractivity contribution in [3.8, 4) is 0 Å². The standard InChI is InChI=1S/C16H14F3N3O2S/c1-9(25-15-20-8-7-13(22-15)16(17,18)19)14(24)11-3-5-12(6-4-11)21-10(2)23/h3-9H,1-2H3,(H,21,23). The van der Waals surface area contributed by atoms with Gasteiger partial charge in [0.15, 0.2) is 10.9 Å². The molecule has 0 saturated heterocycles. The van der Waals surface area contributed by atoms with E-state index in [2.05, 4.69) is 15.3 Å². The molecule has 2 aromatic rings. The van der Waals surface area contributed by atoms with Crippen molar-refractivity contribution in [2.24, 2.45) is 0 Å². The number of aromatic nitrogens is 2. The van der Waals surface area contributed by atoms with Crippen LogP contribution in [-0.4, -0.2) is 26.9 Å². The lowest BCUT2D eigenvalue weighted by molar-refractivity contribution is -0.141. The highest BCUT2D eigenvalue weighted by molar-refractivity contribution is 8.00. The lowest BCUT2D eigenvalue weighted by atomic mass is 10.1. The monoisotopic (exact) mass is 369 g/mol. The lowest BCUT2D eigenvalue weighted by Gasteiger charge is -2.11. The molecular formula is C16H14F3N3O2S. The summed E-state index contributed by atoms with van der Waals surface area (Å²) in [7, 11) is 0. The van der Waals surface area contributed by atoms with Gasteiger partial charge in [0, 0.05) is 24.4 Å². The van der Waals surface area contributed by atoms with Crippen molar-refractivity contribution < 1.29 is 22.8 Å². The average Bonchev–Trinajstić information content (AvgIpc) is 2.54. The van der Waals surface area contributed by atoms with Gasteiger partial charge in [-0.3, -0.25) is 9.59 Å². The minimum absolute atomic E-state index is 0.120. The van der Waals surface area contributed by atoms with E-state index in [0.29, 0.717) is 11.3 Å². The topological polar surface area (TPSA) is 72.0 Å². The number of hydrogen-bond acceptors (Lipinski definition) is 5. The van der Waals surface area contributed by atoms with E-state index >= 15 is 0 Å². The number of anilines is 1. The van der Waals surface area contributed by atoms with Crippen molar-refractivity contribution in [1.82, 2.24) is 9.97 Å². The molecule has 0 fully saturated rings. The largest absolute Gasteiger partial charge is 0.433 e. The first-order valence-electron chi connectivity index (χ1n) is 7.15. The summed E-state index contributed by atoms with van der Waals surface area (Å²) in [5.41, 5.74) is -0.129. The van der Waals surface area contributed by atoms with Gasteiger partial charge in [-0.1, -0.05) is 11.8 Å². The number of hydrogen-bond donors (Lipinski definition) is 1. The van der Waals surface area contributed by atoms with Crippen LogP contribution in [0.2, 0.25) is 0 Å². The highest BCUT2D eigenvalue weighted by Gasteiger charge is 2.33. The van der Waals surface area contributed by atoms with Crippen LogP contribution in [-0.2, 0) is 11.0 Å². The summed E-state index contributed by atoms with van der Waals surface area (Å²) in [4.78, 5) is 30.5. The summed E-state index contributed by atoms with van der Waals surface area (Å²) in [6, 6.07) is 7.01. The van der Waals surface area contributed by atoms with Crippen LogP contribution in [0.15, 0.2) is 41.7 Å². The summed E-state index contributed by atoms with van der Waals surface area (Å²) >= 11 is 0.850. The Bertz CT molecular complexity index is 779. The molecule has 0 bridgehead atoms. The van der Waals surface area contributed by atoms with Crippen LogP contribution in [0.1, 0.15) is 29.9 Å². The van der Waals surface area contributed by atoms with Crippen molar-refractivity contribution in [1.29, 1.82) is 0 Å². The summed E-state index contributed by atoms with van der Waals surface area (Å²) in [6.07, 6.45) is -3.55. The van der Waals surface area contributed by atoms with Crippen LogP contribution in [0, 0.1) is 0 Å². The van der Waals surface area contributed by atoms with Gasteiger partial charge in [0.2, 0.25) is 5.91 Å².